The molecule has 0 bridgehead atoms. The maximum Gasteiger partial charge on any atom is 0.109 e. The van der Waals surface area contributed by atoms with Gasteiger partial charge in [0.1, 0.15) is 6.73 Å². The van der Waals surface area contributed by atoms with Crippen LogP contribution in [-0.4, -0.2) is 12.8 Å². The fourth-order valence-electron chi connectivity index (χ4n) is 0.260. The SMILES string of the molecule is CCC(C)OC[NH]. The van der Waals surface area contributed by atoms with Crippen molar-refractivity contribution in [2.75, 3.05) is 6.73 Å². The molecular weight excluding hydrogens is 90.1 g/mol. The maximum atomic E-state index is 6.61. The molecular formula is C5H12NO. The lowest BCUT2D eigenvalue weighted by Crippen LogP contribution is -2.07. The van der Waals surface area contributed by atoms with Gasteiger partial charge >= 0.3 is 0 Å². The minimum absolute atomic E-state index is 0.0923. The van der Waals surface area contributed by atoms with E-state index in [-0.39, 0.29) is 12.8 Å². The van der Waals surface area contributed by atoms with Crippen LogP contribution in [0.15, 0.2) is 0 Å². The number of hydrogen-bond donors (Lipinski definition) is 0. The lowest BCUT2D eigenvalue weighted by molar-refractivity contribution is 0.0654. The fraction of sp³-hybridized carbons (Fsp3) is 1.00. The van der Waals surface area contributed by atoms with Gasteiger partial charge < -0.3 is 4.74 Å². The van der Waals surface area contributed by atoms with Crippen LogP contribution in [0.5, 0.6) is 0 Å². The Bertz CT molecular complexity index is 39.1. The predicted octanol–water partition coefficient (Wildman–Crippen LogP) is 1.04. The molecule has 1 N–H and O–H groups in total. The molecule has 1 atom stereocenters. The molecule has 0 aromatic rings. The largest absolute Gasteiger partial charge is 0.362 e. The van der Waals surface area contributed by atoms with Crippen LogP contribution in [0, 0.1) is 0 Å². The van der Waals surface area contributed by atoms with Crippen LogP contribution in [0.2, 0.25) is 0 Å². The summed E-state index contributed by atoms with van der Waals surface area (Å²) in [5, 5.41) is 0. The van der Waals surface area contributed by atoms with Crippen molar-refractivity contribution in [3.8, 4) is 0 Å². The lowest BCUT2D eigenvalue weighted by Gasteiger charge is -2.05. The molecule has 2 nitrogen and oxygen atoms in total. The first kappa shape index (κ1) is 6.92. The van der Waals surface area contributed by atoms with Crippen molar-refractivity contribution in [1.29, 1.82) is 0 Å². The molecule has 2 heteroatoms. The highest BCUT2D eigenvalue weighted by Crippen LogP contribution is 1.91. The van der Waals surface area contributed by atoms with Gasteiger partial charge in [-0.25, -0.2) is 5.73 Å². The van der Waals surface area contributed by atoms with Crippen molar-refractivity contribution < 1.29 is 4.74 Å². The minimum atomic E-state index is 0.0923. The molecule has 1 unspecified atom stereocenters. The first-order valence-corrected chi connectivity index (χ1v) is 2.57. The van der Waals surface area contributed by atoms with Crippen LogP contribution in [0.3, 0.4) is 0 Å². The number of ether oxygens (including phenoxy) is 1. The van der Waals surface area contributed by atoms with E-state index in [0.717, 1.165) is 6.42 Å². The Labute approximate surface area is 44.7 Å². The average molecular weight is 102 g/mol. The second kappa shape index (κ2) is 4.09. The van der Waals surface area contributed by atoms with E-state index in [0.29, 0.717) is 0 Å². The van der Waals surface area contributed by atoms with Crippen LogP contribution in [0.1, 0.15) is 20.3 Å². The highest BCUT2D eigenvalue weighted by molar-refractivity contribution is 4.40. The summed E-state index contributed by atoms with van der Waals surface area (Å²) in [6, 6.07) is 0. The molecule has 0 amide bonds. The molecule has 7 heavy (non-hydrogen) atoms. The molecule has 0 aliphatic heterocycles. The van der Waals surface area contributed by atoms with Crippen LogP contribution in [-0.2, 0) is 4.74 Å². The summed E-state index contributed by atoms with van der Waals surface area (Å²) < 4.78 is 4.86. The Morgan fingerprint density at radius 3 is 2.43 bits per heavy atom. The molecule has 0 aromatic carbocycles. The van der Waals surface area contributed by atoms with E-state index in [9.17, 15) is 0 Å². The monoisotopic (exact) mass is 102 g/mol. The molecule has 0 heterocycles. The summed E-state index contributed by atoms with van der Waals surface area (Å²) >= 11 is 0. The maximum absolute atomic E-state index is 6.61. The first-order chi connectivity index (χ1) is 3.31. The van der Waals surface area contributed by atoms with Gasteiger partial charge in [-0.2, -0.15) is 0 Å². The van der Waals surface area contributed by atoms with E-state index in [1.807, 2.05) is 13.8 Å². The summed E-state index contributed by atoms with van der Waals surface area (Å²) in [5.41, 5.74) is 6.61. The Balaban J connectivity index is 2.83. The Hall–Kier alpha value is -0.0800. The summed E-state index contributed by atoms with van der Waals surface area (Å²) in [5.74, 6) is 0. The third-order valence-electron chi connectivity index (χ3n) is 0.943. The van der Waals surface area contributed by atoms with E-state index in [1.54, 1.807) is 0 Å². The summed E-state index contributed by atoms with van der Waals surface area (Å²) in [7, 11) is 0. The topological polar surface area (TPSA) is 33.0 Å². The zero-order valence-corrected chi connectivity index (χ0v) is 4.90. The second-order valence-corrected chi connectivity index (χ2v) is 1.53. The van der Waals surface area contributed by atoms with Crippen LogP contribution < -0.4 is 5.73 Å². The fourth-order valence-corrected chi connectivity index (χ4v) is 0.260. The van der Waals surface area contributed by atoms with Crippen LogP contribution >= 0.6 is 0 Å². The van der Waals surface area contributed by atoms with Crippen molar-refractivity contribution in [3.63, 3.8) is 0 Å². The molecule has 0 rings (SSSR count). The molecule has 1 radical (unpaired) electrons. The van der Waals surface area contributed by atoms with Crippen LogP contribution in [0.4, 0.5) is 0 Å². The lowest BCUT2D eigenvalue weighted by atomic mass is 10.3. The van der Waals surface area contributed by atoms with Gasteiger partial charge in [0.15, 0.2) is 0 Å². The molecule has 0 fully saturated rings. The van der Waals surface area contributed by atoms with E-state index in [1.165, 1.54) is 0 Å². The van der Waals surface area contributed by atoms with E-state index >= 15 is 0 Å². The van der Waals surface area contributed by atoms with Crippen LogP contribution in [0.25, 0.3) is 0 Å². The van der Waals surface area contributed by atoms with Gasteiger partial charge in [0, 0.05) is 0 Å². The van der Waals surface area contributed by atoms with Gasteiger partial charge in [0.2, 0.25) is 0 Å². The predicted molar refractivity (Wildman–Crippen MR) is 28.8 cm³/mol. The number of hydrogen-bond acceptors (Lipinski definition) is 1. The first-order valence-electron chi connectivity index (χ1n) is 2.57. The summed E-state index contributed by atoms with van der Waals surface area (Å²) in [4.78, 5) is 0. The van der Waals surface area contributed by atoms with Crippen molar-refractivity contribution >= 4 is 0 Å². The number of rotatable bonds is 3. The highest BCUT2D eigenvalue weighted by atomic mass is 16.5. The zero-order chi connectivity index (χ0) is 5.70. The van der Waals surface area contributed by atoms with Crippen molar-refractivity contribution in [2.45, 2.75) is 26.4 Å². The van der Waals surface area contributed by atoms with Gasteiger partial charge in [-0.05, 0) is 13.3 Å². The Morgan fingerprint density at radius 1 is 1.71 bits per heavy atom. The van der Waals surface area contributed by atoms with Gasteiger partial charge in [-0.3, -0.25) is 0 Å². The van der Waals surface area contributed by atoms with Crippen molar-refractivity contribution in [3.05, 3.63) is 0 Å². The van der Waals surface area contributed by atoms with E-state index in [4.69, 9.17) is 10.5 Å². The second-order valence-electron chi connectivity index (χ2n) is 1.53. The third-order valence-corrected chi connectivity index (χ3v) is 0.943. The normalized spacial score (nSPS) is 14.1. The molecule has 0 saturated carbocycles. The molecule has 0 spiro atoms. The zero-order valence-electron chi connectivity index (χ0n) is 4.90. The molecule has 0 aliphatic rings. The molecule has 0 aliphatic carbocycles. The molecule has 43 valence electrons. The minimum Gasteiger partial charge on any atom is -0.362 e. The highest BCUT2D eigenvalue weighted by Gasteiger charge is 1.92. The van der Waals surface area contributed by atoms with Gasteiger partial charge in [0.25, 0.3) is 0 Å². The molecule has 0 saturated heterocycles. The van der Waals surface area contributed by atoms with Gasteiger partial charge in [-0.1, -0.05) is 6.92 Å². The Kier molecular flexibility index (Phi) is 4.04. The Morgan fingerprint density at radius 2 is 2.29 bits per heavy atom. The van der Waals surface area contributed by atoms with Gasteiger partial charge in [-0.15, -0.1) is 0 Å². The quantitative estimate of drug-likeness (QED) is 0.524. The smallest absolute Gasteiger partial charge is 0.109 e. The standard InChI is InChI=1S/C5H12NO/c1-3-5(2)7-4-6/h5-6H,3-4H2,1-2H3. The summed E-state index contributed by atoms with van der Waals surface area (Å²) in [6.45, 7) is 4.10. The van der Waals surface area contributed by atoms with Gasteiger partial charge in [0.05, 0.1) is 6.10 Å². The van der Waals surface area contributed by atoms with E-state index < -0.39 is 0 Å². The summed E-state index contributed by atoms with van der Waals surface area (Å²) in [6.07, 6.45) is 1.26. The average Bonchev–Trinajstić information content (AvgIpc) is 1.68. The van der Waals surface area contributed by atoms with Crippen molar-refractivity contribution in [1.82, 2.24) is 5.73 Å². The number of nitrogens with one attached hydrogen (secondary N) is 1. The molecule has 0 aromatic heterocycles. The van der Waals surface area contributed by atoms with Crippen molar-refractivity contribution in [2.24, 2.45) is 0 Å². The third kappa shape index (κ3) is 3.76. The van der Waals surface area contributed by atoms with E-state index in [2.05, 4.69) is 0 Å².